The molecule has 0 amide bonds. The average Bonchev–Trinajstić information content (AvgIpc) is 2.81. The Labute approximate surface area is 109 Å². The van der Waals surface area contributed by atoms with Gasteiger partial charge < -0.3 is 4.42 Å². The Hall–Kier alpha value is -1.35. The molecule has 96 valence electrons. The van der Waals surface area contributed by atoms with Gasteiger partial charge in [-0.25, -0.2) is 8.78 Å². The van der Waals surface area contributed by atoms with E-state index in [4.69, 9.17) is 16.0 Å². The Morgan fingerprint density at radius 2 is 1.94 bits per heavy atom. The van der Waals surface area contributed by atoms with Gasteiger partial charge in [0.2, 0.25) is 0 Å². The summed E-state index contributed by atoms with van der Waals surface area (Å²) in [6, 6.07) is 4.02. The first-order chi connectivity index (χ1) is 8.54. The first-order valence-electron chi connectivity index (χ1n) is 5.70. The van der Waals surface area contributed by atoms with Crippen LogP contribution < -0.4 is 0 Å². The van der Waals surface area contributed by atoms with Gasteiger partial charge in [-0.2, -0.15) is 0 Å². The number of alkyl halides is 1. The van der Waals surface area contributed by atoms with Crippen LogP contribution in [0.1, 0.15) is 34.8 Å². The summed E-state index contributed by atoms with van der Waals surface area (Å²) in [4.78, 5) is 0. The van der Waals surface area contributed by atoms with Gasteiger partial charge in [0.25, 0.3) is 0 Å². The zero-order chi connectivity index (χ0) is 13.3. The summed E-state index contributed by atoms with van der Waals surface area (Å²) in [7, 11) is 0. The van der Waals surface area contributed by atoms with Crippen LogP contribution in [0.5, 0.6) is 0 Å². The van der Waals surface area contributed by atoms with E-state index in [-0.39, 0.29) is 5.56 Å². The number of aryl methyl sites for hydroxylation is 2. The van der Waals surface area contributed by atoms with Crippen molar-refractivity contribution in [2.24, 2.45) is 0 Å². The maximum Gasteiger partial charge on any atom is 0.131 e. The van der Waals surface area contributed by atoms with E-state index in [9.17, 15) is 8.78 Å². The van der Waals surface area contributed by atoms with Crippen molar-refractivity contribution in [2.45, 2.75) is 25.6 Å². The van der Waals surface area contributed by atoms with Gasteiger partial charge in [-0.05, 0) is 24.6 Å². The lowest BCUT2D eigenvalue weighted by atomic mass is 10.0. The smallest absolute Gasteiger partial charge is 0.131 e. The van der Waals surface area contributed by atoms with Gasteiger partial charge in [-0.3, -0.25) is 0 Å². The molecule has 1 aromatic carbocycles. The van der Waals surface area contributed by atoms with Crippen molar-refractivity contribution in [3.63, 3.8) is 0 Å². The molecule has 18 heavy (non-hydrogen) atoms. The van der Waals surface area contributed by atoms with E-state index in [1.165, 1.54) is 12.3 Å². The fraction of sp³-hybridized carbons (Fsp3) is 0.286. The van der Waals surface area contributed by atoms with Gasteiger partial charge in [0.1, 0.15) is 17.4 Å². The van der Waals surface area contributed by atoms with Crippen molar-refractivity contribution in [3.05, 3.63) is 58.5 Å². The molecule has 0 radical (unpaired) electrons. The van der Waals surface area contributed by atoms with Crippen LogP contribution in [0.25, 0.3) is 0 Å². The number of benzene rings is 1. The van der Waals surface area contributed by atoms with Crippen LogP contribution in [0.4, 0.5) is 8.78 Å². The summed E-state index contributed by atoms with van der Waals surface area (Å²) in [6.45, 7) is 3.51. The minimum absolute atomic E-state index is 0.270. The molecule has 0 aliphatic rings. The molecule has 0 saturated heterocycles. The molecule has 1 nitrogen and oxygen atoms in total. The lowest BCUT2D eigenvalue weighted by molar-refractivity contribution is 0.511. The highest BCUT2D eigenvalue weighted by molar-refractivity contribution is 6.22. The van der Waals surface area contributed by atoms with E-state index in [1.807, 2.05) is 6.92 Å². The largest absolute Gasteiger partial charge is 0.469 e. The minimum Gasteiger partial charge on any atom is -0.469 e. The van der Waals surface area contributed by atoms with Crippen molar-refractivity contribution in [2.75, 3.05) is 0 Å². The fourth-order valence-corrected chi connectivity index (χ4v) is 2.27. The standard InChI is InChI=1S/C14H13ClF2O/c1-3-13-9(4-5-18-13)14(15)10-6-8(2)11(16)7-12(10)17/h4-7,14H,3H2,1-2H3. The summed E-state index contributed by atoms with van der Waals surface area (Å²) >= 11 is 6.26. The predicted molar refractivity (Wildman–Crippen MR) is 66.9 cm³/mol. The van der Waals surface area contributed by atoms with Gasteiger partial charge in [0.15, 0.2) is 0 Å². The highest BCUT2D eigenvalue weighted by Gasteiger charge is 2.21. The Balaban J connectivity index is 2.46. The molecule has 1 aromatic heterocycles. The summed E-state index contributed by atoms with van der Waals surface area (Å²) in [5, 5.41) is -0.669. The van der Waals surface area contributed by atoms with Crippen LogP contribution in [-0.2, 0) is 6.42 Å². The quantitative estimate of drug-likeness (QED) is 0.733. The maximum atomic E-state index is 13.8. The zero-order valence-corrected chi connectivity index (χ0v) is 10.9. The number of hydrogen-bond donors (Lipinski definition) is 0. The van der Waals surface area contributed by atoms with Crippen LogP contribution in [0.3, 0.4) is 0 Å². The third-order valence-corrected chi connectivity index (χ3v) is 3.40. The minimum atomic E-state index is -0.669. The molecular weight excluding hydrogens is 258 g/mol. The molecule has 0 aliphatic heterocycles. The van der Waals surface area contributed by atoms with E-state index in [2.05, 4.69) is 0 Å². The van der Waals surface area contributed by atoms with Crippen molar-refractivity contribution in [1.82, 2.24) is 0 Å². The summed E-state index contributed by atoms with van der Waals surface area (Å²) in [5.74, 6) is -0.485. The predicted octanol–water partition coefficient (Wildman–Crippen LogP) is 4.76. The molecule has 0 fully saturated rings. The lowest BCUT2D eigenvalue weighted by Crippen LogP contribution is -2.00. The van der Waals surface area contributed by atoms with Crippen molar-refractivity contribution >= 4 is 11.6 Å². The van der Waals surface area contributed by atoms with Crippen molar-refractivity contribution in [1.29, 1.82) is 0 Å². The molecule has 0 N–H and O–H groups in total. The zero-order valence-electron chi connectivity index (χ0n) is 10.1. The van der Waals surface area contributed by atoms with E-state index in [1.54, 1.807) is 13.0 Å². The normalized spacial score (nSPS) is 12.7. The topological polar surface area (TPSA) is 13.1 Å². The van der Waals surface area contributed by atoms with Gasteiger partial charge in [0, 0.05) is 23.6 Å². The van der Waals surface area contributed by atoms with Gasteiger partial charge in [-0.1, -0.05) is 6.92 Å². The number of rotatable bonds is 3. The Morgan fingerprint density at radius 1 is 1.22 bits per heavy atom. The van der Waals surface area contributed by atoms with Gasteiger partial charge >= 0.3 is 0 Å². The first kappa shape index (κ1) is 13.1. The summed E-state index contributed by atoms with van der Waals surface area (Å²) in [6.07, 6.45) is 2.20. The summed E-state index contributed by atoms with van der Waals surface area (Å²) in [5.41, 5.74) is 1.37. The van der Waals surface area contributed by atoms with Crippen molar-refractivity contribution in [3.8, 4) is 0 Å². The van der Waals surface area contributed by atoms with Gasteiger partial charge in [0.05, 0.1) is 11.6 Å². The Morgan fingerprint density at radius 3 is 2.61 bits per heavy atom. The molecule has 4 heteroatoms. The van der Waals surface area contributed by atoms with E-state index >= 15 is 0 Å². The molecule has 2 aromatic rings. The SMILES string of the molecule is CCc1occc1C(Cl)c1cc(C)c(F)cc1F. The molecule has 0 saturated carbocycles. The second-order valence-electron chi connectivity index (χ2n) is 4.14. The first-order valence-corrected chi connectivity index (χ1v) is 6.14. The number of halogens is 3. The molecule has 1 unspecified atom stereocenters. The molecule has 0 spiro atoms. The van der Waals surface area contributed by atoms with E-state index < -0.39 is 17.0 Å². The average molecular weight is 271 g/mol. The van der Waals surface area contributed by atoms with Crippen molar-refractivity contribution < 1.29 is 13.2 Å². The molecule has 1 atom stereocenters. The molecule has 2 rings (SSSR count). The number of furan rings is 1. The van der Waals surface area contributed by atoms with Crippen LogP contribution in [0, 0.1) is 18.6 Å². The van der Waals surface area contributed by atoms with Crippen LogP contribution in [0.2, 0.25) is 0 Å². The van der Waals surface area contributed by atoms with Gasteiger partial charge in [-0.15, -0.1) is 11.6 Å². The van der Waals surface area contributed by atoms with Crippen LogP contribution in [0.15, 0.2) is 28.9 Å². The Kier molecular flexibility index (Phi) is 3.71. The Bertz CT molecular complexity index is 563. The van der Waals surface area contributed by atoms with Crippen LogP contribution in [-0.4, -0.2) is 0 Å². The molecular formula is C14H13ClF2O. The lowest BCUT2D eigenvalue weighted by Gasteiger charge is -2.12. The van der Waals surface area contributed by atoms with Crippen LogP contribution >= 0.6 is 11.6 Å². The fourth-order valence-electron chi connectivity index (χ4n) is 1.91. The molecule has 1 heterocycles. The third kappa shape index (κ3) is 2.27. The second-order valence-corrected chi connectivity index (χ2v) is 4.57. The highest BCUT2D eigenvalue weighted by atomic mass is 35.5. The number of hydrogen-bond acceptors (Lipinski definition) is 1. The molecule has 0 bridgehead atoms. The second kappa shape index (κ2) is 5.11. The molecule has 0 aliphatic carbocycles. The van der Waals surface area contributed by atoms with E-state index in [0.29, 0.717) is 12.0 Å². The highest BCUT2D eigenvalue weighted by Crippen LogP contribution is 2.34. The monoisotopic (exact) mass is 270 g/mol. The van der Waals surface area contributed by atoms with E-state index in [0.717, 1.165) is 17.4 Å². The maximum absolute atomic E-state index is 13.8. The third-order valence-electron chi connectivity index (χ3n) is 2.93. The summed E-state index contributed by atoms with van der Waals surface area (Å²) < 4.78 is 32.2.